The fraction of sp³-hybridized carbons (Fsp3) is 0.500. The zero-order valence-corrected chi connectivity index (χ0v) is 18.9. The lowest BCUT2D eigenvalue weighted by Gasteiger charge is -2.44. The third kappa shape index (κ3) is 3.85. The van der Waals surface area contributed by atoms with E-state index in [9.17, 15) is 14.9 Å². The van der Waals surface area contributed by atoms with Gasteiger partial charge in [-0.3, -0.25) is 14.6 Å². The second kappa shape index (κ2) is 8.87. The number of carbonyl (C=O) groups excluding carboxylic acids is 2. The summed E-state index contributed by atoms with van der Waals surface area (Å²) in [5.41, 5.74) is 2.25. The molecule has 9 heteroatoms. The third-order valence-corrected chi connectivity index (χ3v) is 6.99. The van der Waals surface area contributed by atoms with E-state index in [1.165, 1.54) is 0 Å². The van der Waals surface area contributed by atoms with E-state index in [1.54, 1.807) is 11.8 Å². The minimum Gasteiger partial charge on any atom is -0.497 e. The van der Waals surface area contributed by atoms with Crippen molar-refractivity contribution in [1.29, 1.82) is 5.26 Å². The molecule has 172 valence electrons. The molecule has 0 saturated carbocycles. The van der Waals surface area contributed by atoms with Gasteiger partial charge in [0.2, 0.25) is 5.91 Å². The quantitative estimate of drug-likeness (QED) is 0.711. The molecule has 0 atom stereocenters. The van der Waals surface area contributed by atoms with Crippen LogP contribution in [0, 0.1) is 11.3 Å². The highest BCUT2D eigenvalue weighted by Gasteiger charge is 2.38. The lowest BCUT2D eigenvalue weighted by molar-refractivity contribution is -0.155. The molecule has 0 spiro atoms. The van der Waals surface area contributed by atoms with E-state index in [-0.39, 0.29) is 17.9 Å². The predicted octanol–water partition coefficient (Wildman–Crippen LogP) is 2.14. The van der Waals surface area contributed by atoms with Gasteiger partial charge in [-0.15, -0.1) is 0 Å². The van der Waals surface area contributed by atoms with Gasteiger partial charge in [-0.1, -0.05) is 0 Å². The number of fused-ring (bicyclic) bond motifs is 1. The first kappa shape index (κ1) is 21.5. The SMILES string of the molecule is COc1ccc(-n2nc(C#N)c3c2C(=O)N(C2CCN(N4CCCCC4=O)CC2)CC3)cc1. The highest BCUT2D eigenvalue weighted by molar-refractivity contribution is 5.96. The van der Waals surface area contributed by atoms with Crippen LogP contribution in [0.4, 0.5) is 0 Å². The van der Waals surface area contributed by atoms with Gasteiger partial charge in [0.15, 0.2) is 5.69 Å². The summed E-state index contributed by atoms with van der Waals surface area (Å²) in [6, 6.07) is 9.59. The Morgan fingerprint density at radius 2 is 1.79 bits per heavy atom. The van der Waals surface area contributed by atoms with E-state index in [0.29, 0.717) is 36.5 Å². The zero-order valence-electron chi connectivity index (χ0n) is 18.9. The molecule has 0 aliphatic carbocycles. The third-order valence-electron chi connectivity index (χ3n) is 6.99. The van der Waals surface area contributed by atoms with Crippen LogP contribution in [0.5, 0.6) is 5.75 Å². The Kier molecular flexibility index (Phi) is 5.77. The molecule has 1 aromatic heterocycles. The molecule has 3 aliphatic rings. The number of hydrazine groups is 1. The summed E-state index contributed by atoms with van der Waals surface area (Å²) >= 11 is 0. The topological polar surface area (TPSA) is 94.7 Å². The van der Waals surface area contributed by atoms with Crippen molar-refractivity contribution in [3.63, 3.8) is 0 Å². The van der Waals surface area contributed by atoms with Crippen LogP contribution in [0.25, 0.3) is 5.69 Å². The second-order valence-electron chi connectivity index (χ2n) is 8.80. The first-order chi connectivity index (χ1) is 16.1. The average Bonchev–Trinajstić information content (AvgIpc) is 3.24. The minimum atomic E-state index is -0.0754. The Morgan fingerprint density at radius 3 is 2.45 bits per heavy atom. The number of methoxy groups -OCH3 is 1. The fourth-order valence-electron chi connectivity index (χ4n) is 5.22. The molecular weight excluding hydrogens is 420 g/mol. The number of ether oxygens (including phenoxy) is 1. The van der Waals surface area contributed by atoms with Gasteiger partial charge >= 0.3 is 0 Å². The molecule has 1 aromatic carbocycles. The van der Waals surface area contributed by atoms with Crippen LogP contribution in [0.15, 0.2) is 24.3 Å². The van der Waals surface area contributed by atoms with Crippen molar-refractivity contribution in [2.24, 2.45) is 0 Å². The number of rotatable bonds is 4. The van der Waals surface area contributed by atoms with Crippen molar-refractivity contribution in [2.45, 2.75) is 44.6 Å². The highest BCUT2D eigenvalue weighted by atomic mass is 16.5. The van der Waals surface area contributed by atoms with E-state index in [2.05, 4.69) is 16.2 Å². The van der Waals surface area contributed by atoms with Gasteiger partial charge in [-0.05, 0) is 56.4 Å². The number of piperidine rings is 2. The van der Waals surface area contributed by atoms with Crippen LogP contribution in [0.1, 0.15) is 53.8 Å². The van der Waals surface area contributed by atoms with Gasteiger partial charge in [0.25, 0.3) is 5.91 Å². The average molecular weight is 449 g/mol. The Morgan fingerprint density at radius 1 is 1.03 bits per heavy atom. The van der Waals surface area contributed by atoms with Gasteiger partial charge < -0.3 is 9.64 Å². The fourth-order valence-corrected chi connectivity index (χ4v) is 5.22. The van der Waals surface area contributed by atoms with Crippen molar-refractivity contribution < 1.29 is 14.3 Å². The predicted molar refractivity (Wildman–Crippen MR) is 120 cm³/mol. The summed E-state index contributed by atoms with van der Waals surface area (Å²) in [5, 5.41) is 18.1. The normalized spacial score (nSPS) is 20.0. The molecule has 0 bridgehead atoms. The molecule has 0 unspecified atom stereocenters. The molecular formula is C24H28N6O3. The number of carbonyl (C=O) groups is 2. The monoisotopic (exact) mass is 448 g/mol. The number of amides is 2. The molecule has 0 radical (unpaired) electrons. The van der Waals surface area contributed by atoms with Crippen molar-refractivity contribution >= 4 is 11.8 Å². The molecule has 5 rings (SSSR count). The van der Waals surface area contributed by atoms with E-state index < -0.39 is 0 Å². The van der Waals surface area contributed by atoms with Crippen LogP contribution < -0.4 is 4.74 Å². The van der Waals surface area contributed by atoms with E-state index in [1.807, 2.05) is 34.2 Å². The second-order valence-corrected chi connectivity index (χ2v) is 8.80. The maximum atomic E-state index is 13.7. The van der Waals surface area contributed by atoms with Gasteiger partial charge in [-0.25, -0.2) is 9.69 Å². The van der Waals surface area contributed by atoms with Gasteiger partial charge in [0.05, 0.1) is 12.8 Å². The zero-order chi connectivity index (χ0) is 22.9. The Bertz CT molecular complexity index is 1090. The van der Waals surface area contributed by atoms with E-state index in [4.69, 9.17) is 4.74 Å². The number of benzene rings is 1. The Hall–Kier alpha value is -3.38. The lowest BCUT2D eigenvalue weighted by atomic mass is 9.97. The maximum absolute atomic E-state index is 13.7. The van der Waals surface area contributed by atoms with Crippen molar-refractivity contribution in [1.82, 2.24) is 24.7 Å². The number of hydrogen-bond donors (Lipinski definition) is 0. The summed E-state index contributed by atoms with van der Waals surface area (Å²) < 4.78 is 6.84. The number of hydrogen-bond acceptors (Lipinski definition) is 6. The van der Waals surface area contributed by atoms with Crippen LogP contribution in [0.2, 0.25) is 0 Å². The summed E-state index contributed by atoms with van der Waals surface area (Å²) in [6.45, 7) is 2.93. The van der Waals surface area contributed by atoms with E-state index in [0.717, 1.165) is 56.6 Å². The molecule has 2 amide bonds. The van der Waals surface area contributed by atoms with Crippen LogP contribution in [-0.4, -0.2) is 75.8 Å². The smallest absolute Gasteiger partial charge is 0.273 e. The Balaban J connectivity index is 1.36. The number of aromatic nitrogens is 2. The molecule has 2 saturated heterocycles. The van der Waals surface area contributed by atoms with Crippen LogP contribution >= 0.6 is 0 Å². The largest absolute Gasteiger partial charge is 0.497 e. The summed E-state index contributed by atoms with van der Waals surface area (Å²) in [4.78, 5) is 27.9. The molecule has 2 aromatic rings. The van der Waals surface area contributed by atoms with Crippen molar-refractivity contribution in [3.05, 3.63) is 41.2 Å². The number of nitrogens with zero attached hydrogens (tertiary/aromatic N) is 6. The molecule has 0 N–H and O–H groups in total. The number of nitriles is 1. The Labute approximate surface area is 193 Å². The first-order valence-corrected chi connectivity index (χ1v) is 11.6. The summed E-state index contributed by atoms with van der Waals surface area (Å²) in [6.07, 6.45) is 4.92. The lowest BCUT2D eigenvalue weighted by Crippen LogP contribution is -2.56. The van der Waals surface area contributed by atoms with Crippen molar-refractivity contribution in [3.8, 4) is 17.5 Å². The van der Waals surface area contributed by atoms with Crippen LogP contribution in [-0.2, 0) is 11.2 Å². The summed E-state index contributed by atoms with van der Waals surface area (Å²) in [5.74, 6) is 0.853. The molecule has 2 fully saturated rings. The maximum Gasteiger partial charge on any atom is 0.273 e. The van der Waals surface area contributed by atoms with Crippen LogP contribution in [0.3, 0.4) is 0 Å². The standard InChI is InChI=1S/C24H28N6O3/c1-33-19-7-5-18(6-8-19)30-23-20(21(16-25)26-30)11-15-28(24(23)32)17-9-13-27(14-10-17)29-12-3-2-4-22(29)31/h5-8,17H,2-4,9-15H2,1H3. The van der Waals surface area contributed by atoms with Gasteiger partial charge in [0, 0.05) is 44.2 Å². The molecule has 3 aliphatic heterocycles. The van der Waals surface area contributed by atoms with Crippen molar-refractivity contribution in [2.75, 3.05) is 33.3 Å². The molecule has 4 heterocycles. The molecule has 33 heavy (non-hydrogen) atoms. The van der Waals surface area contributed by atoms with Gasteiger partial charge in [0.1, 0.15) is 17.5 Å². The first-order valence-electron chi connectivity index (χ1n) is 11.6. The summed E-state index contributed by atoms with van der Waals surface area (Å²) in [7, 11) is 1.60. The molecule has 9 nitrogen and oxygen atoms in total. The van der Waals surface area contributed by atoms with E-state index >= 15 is 0 Å². The highest BCUT2D eigenvalue weighted by Crippen LogP contribution is 2.30. The van der Waals surface area contributed by atoms with Gasteiger partial charge in [-0.2, -0.15) is 10.4 Å². The minimum absolute atomic E-state index is 0.0754.